The van der Waals surface area contributed by atoms with Crippen molar-refractivity contribution in [2.45, 2.75) is 66.2 Å². The smallest absolute Gasteiger partial charge is 0.323 e. The van der Waals surface area contributed by atoms with Crippen molar-refractivity contribution < 1.29 is 9.53 Å². The SMILES string of the molecule is CC(C)CC(NC(C)C)C(=O)OC(C)C. The molecule has 0 aliphatic carbocycles. The van der Waals surface area contributed by atoms with Crippen molar-refractivity contribution in [1.82, 2.24) is 5.32 Å². The number of hydrogen-bond acceptors (Lipinski definition) is 3. The van der Waals surface area contributed by atoms with Gasteiger partial charge in [0.15, 0.2) is 0 Å². The van der Waals surface area contributed by atoms with Crippen molar-refractivity contribution in [3.05, 3.63) is 0 Å². The molecule has 0 saturated heterocycles. The van der Waals surface area contributed by atoms with Gasteiger partial charge in [-0.2, -0.15) is 0 Å². The third-order valence-corrected chi connectivity index (χ3v) is 1.88. The highest BCUT2D eigenvalue weighted by molar-refractivity contribution is 5.75. The Balaban J connectivity index is 4.27. The Morgan fingerprint density at radius 2 is 1.67 bits per heavy atom. The molecule has 0 radical (unpaired) electrons. The Hall–Kier alpha value is -0.570. The molecule has 0 aromatic heterocycles. The van der Waals surface area contributed by atoms with Gasteiger partial charge in [0, 0.05) is 6.04 Å². The first-order chi connectivity index (χ1) is 6.82. The highest BCUT2D eigenvalue weighted by Gasteiger charge is 2.22. The monoisotopic (exact) mass is 215 g/mol. The minimum atomic E-state index is -0.174. The second kappa shape index (κ2) is 6.83. The summed E-state index contributed by atoms with van der Waals surface area (Å²) in [5.74, 6) is 0.355. The molecule has 0 aromatic carbocycles. The zero-order valence-corrected chi connectivity index (χ0v) is 10.8. The summed E-state index contributed by atoms with van der Waals surface area (Å²) in [5, 5.41) is 3.24. The number of nitrogens with one attached hydrogen (secondary N) is 1. The van der Waals surface area contributed by atoms with E-state index in [-0.39, 0.29) is 18.1 Å². The predicted molar refractivity (Wildman–Crippen MR) is 62.7 cm³/mol. The molecule has 0 saturated carbocycles. The number of carbonyl (C=O) groups excluding carboxylic acids is 1. The lowest BCUT2D eigenvalue weighted by Crippen LogP contribution is -2.43. The van der Waals surface area contributed by atoms with E-state index < -0.39 is 0 Å². The molecule has 0 spiro atoms. The van der Waals surface area contributed by atoms with E-state index in [1.54, 1.807) is 0 Å². The second-order valence-electron chi connectivity index (χ2n) is 4.99. The summed E-state index contributed by atoms with van der Waals surface area (Å²) in [6.45, 7) is 12.0. The Labute approximate surface area is 93.6 Å². The zero-order chi connectivity index (χ0) is 12.0. The summed E-state index contributed by atoms with van der Waals surface area (Å²) in [6, 6.07) is 0.126. The predicted octanol–water partition coefficient (Wildman–Crippen LogP) is 2.35. The molecule has 3 heteroatoms. The van der Waals surface area contributed by atoms with E-state index in [1.807, 2.05) is 27.7 Å². The van der Waals surface area contributed by atoms with E-state index in [9.17, 15) is 4.79 Å². The van der Waals surface area contributed by atoms with Crippen LogP contribution in [0.5, 0.6) is 0 Å². The lowest BCUT2D eigenvalue weighted by Gasteiger charge is -2.22. The average Bonchev–Trinajstić information content (AvgIpc) is 1.99. The van der Waals surface area contributed by atoms with Crippen molar-refractivity contribution in [2.24, 2.45) is 5.92 Å². The molecular formula is C12H25NO2. The molecule has 0 aromatic rings. The van der Waals surface area contributed by atoms with Crippen LogP contribution in [-0.4, -0.2) is 24.2 Å². The summed E-state index contributed by atoms with van der Waals surface area (Å²) in [6.07, 6.45) is 0.783. The first kappa shape index (κ1) is 14.4. The van der Waals surface area contributed by atoms with Crippen molar-refractivity contribution in [3.8, 4) is 0 Å². The summed E-state index contributed by atoms with van der Waals surface area (Å²) in [5.41, 5.74) is 0. The highest BCUT2D eigenvalue weighted by Crippen LogP contribution is 2.08. The van der Waals surface area contributed by atoms with Crippen LogP contribution in [0.25, 0.3) is 0 Å². The molecule has 3 nitrogen and oxygen atoms in total. The molecule has 1 unspecified atom stereocenters. The number of carbonyl (C=O) groups is 1. The van der Waals surface area contributed by atoms with Crippen LogP contribution in [0.4, 0.5) is 0 Å². The first-order valence-corrected chi connectivity index (χ1v) is 5.79. The van der Waals surface area contributed by atoms with Gasteiger partial charge in [-0.05, 0) is 26.2 Å². The van der Waals surface area contributed by atoms with Crippen molar-refractivity contribution in [2.75, 3.05) is 0 Å². The van der Waals surface area contributed by atoms with Gasteiger partial charge in [-0.1, -0.05) is 27.7 Å². The van der Waals surface area contributed by atoms with Crippen LogP contribution in [0.2, 0.25) is 0 Å². The standard InChI is InChI=1S/C12H25NO2/c1-8(2)7-11(13-9(3)4)12(14)15-10(5)6/h8-11,13H,7H2,1-6H3. The first-order valence-electron chi connectivity index (χ1n) is 5.79. The second-order valence-corrected chi connectivity index (χ2v) is 4.99. The molecule has 0 aliphatic heterocycles. The summed E-state index contributed by atoms with van der Waals surface area (Å²) >= 11 is 0. The van der Waals surface area contributed by atoms with Gasteiger partial charge in [0.25, 0.3) is 0 Å². The van der Waals surface area contributed by atoms with Crippen LogP contribution in [-0.2, 0) is 9.53 Å². The fraction of sp³-hybridized carbons (Fsp3) is 0.917. The molecule has 0 fully saturated rings. The maximum absolute atomic E-state index is 11.7. The quantitative estimate of drug-likeness (QED) is 0.691. The fourth-order valence-corrected chi connectivity index (χ4v) is 1.42. The van der Waals surface area contributed by atoms with Gasteiger partial charge < -0.3 is 10.1 Å². The van der Waals surface area contributed by atoms with Crippen LogP contribution >= 0.6 is 0 Å². The van der Waals surface area contributed by atoms with E-state index in [4.69, 9.17) is 4.74 Å². The molecule has 1 atom stereocenters. The summed E-state index contributed by atoms with van der Waals surface area (Å²) in [7, 11) is 0. The number of esters is 1. The van der Waals surface area contributed by atoms with Gasteiger partial charge in [-0.15, -0.1) is 0 Å². The molecular weight excluding hydrogens is 190 g/mol. The highest BCUT2D eigenvalue weighted by atomic mass is 16.5. The van der Waals surface area contributed by atoms with E-state index in [0.29, 0.717) is 12.0 Å². The van der Waals surface area contributed by atoms with Crippen molar-refractivity contribution >= 4 is 5.97 Å². The maximum atomic E-state index is 11.7. The Bertz CT molecular complexity index is 178. The van der Waals surface area contributed by atoms with Gasteiger partial charge >= 0.3 is 5.97 Å². The lowest BCUT2D eigenvalue weighted by atomic mass is 10.0. The third-order valence-electron chi connectivity index (χ3n) is 1.88. The Morgan fingerprint density at radius 3 is 2.00 bits per heavy atom. The normalized spacial score (nSPS) is 13.7. The Kier molecular flexibility index (Phi) is 6.57. The van der Waals surface area contributed by atoms with Crippen LogP contribution in [0, 0.1) is 5.92 Å². The van der Waals surface area contributed by atoms with Crippen LogP contribution in [0.1, 0.15) is 48.0 Å². The van der Waals surface area contributed by atoms with Crippen LogP contribution in [0.3, 0.4) is 0 Å². The van der Waals surface area contributed by atoms with E-state index in [0.717, 1.165) is 6.42 Å². The topological polar surface area (TPSA) is 38.3 Å². The van der Waals surface area contributed by atoms with Gasteiger partial charge in [0.2, 0.25) is 0 Å². The molecule has 0 aliphatic rings. The van der Waals surface area contributed by atoms with Crippen LogP contribution < -0.4 is 5.32 Å². The molecule has 0 amide bonds. The number of rotatable bonds is 6. The minimum absolute atomic E-state index is 0.0406. The minimum Gasteiger partial charge on any atom is -0.462 e. The van der Waals surface area contributed by atoms with Crippen molar-refractivity contribution in [3.63, 3.8) is 0 Å². The van der Waals surface area contributed by atoms with E-state index in [2.05, 4.69) is 19.2 Å². The number of ether oxygens (including phenoxy) is 1. The van der Waals surface area contributed by atoms with E-state index in [1.165, 1.54) is 0 Å². The molecule has 0 bridgehead atoms. The molecule has 90 valence electrons. The van der Waals surface area contributed by atoms with Gasteiger partial charge in [-0.25, -0.2) is 0 Å². The third kappa shape index (κ3) is 7.37. The van der Waals surface area contributed by atoms with Gasteiger partial charge in [0.1, 0.15) is 6.04 Å². The summed E-state index contributed by atoms with van der Waals surface area (Å²) in [4.78, 5) is 11.7. The fourth-order valence-electron chi connectivity index (χ4n) is 1.42. The molecule has 0 heterocycles. The summed E-state index contributed by atoms with van der Waals surface area (Å²) < 4.78 is 5.21. The number of hydrogen-bond donors (Lipinski definition) is 1. The molecule has 0 rings (SSSR count). The van der Waals surface area contributed by atoms with Crippen molar-refractivity contribution in [1.29, 1.82) is 0 Å². The Morgan fingerprint density at radius 1 is 1.13 bits per heavy atom. The maximum Gasteiger partial charge on any atom is 0.323 e. The molecule has 1 N–H and O–H groups in total. The lowest BCUT2D eigenvalue weighted by molar-refractivity contribution is -0.150. The molecule has 15 heavy (non-hydrogen) atoms. The van der Waals surface area contributed by atoms with Gasteiger partial charge in [0.05, 0.1) is 6.10 Å². The average molecular weight is 215 g/mol. The van der Waals surface area contributed by atoms with E-state index >= 15 is 0 Å². The largest absolute Gasteiger partial charge is 0.462 e. The van der Waals surface area contributed by atoms with Gasteiger partial charge in [-0.3, -0.25) is 4.79 Å². The van der Waals surface area contributed by atoms with Crippen LogP contribution in [0.15, 0.2) is 0 Å². The zero-order valence-electron chi connectivity index (χ0n) is 10.8.